The van der Waals surface area contributed by atoms with Crippen molar-refractivity contribution >= 4 is 5.97 Å². The molecule has 0 amide bonds. The van der Waals surface area contributed by atoms with Crippen LogP contribution in [-0.2, 0) is 33.2 Å². The van der Waals surface area contributed by atoms with Gasteiger partial charge in [-0.25, -0.2) is 4.79 Å². The third kappa shape index (κ3) is 7.82. The van der Waals surface area contributed by atoms with E-state index in [4.69, 9.17) is 23.7 Å². The fourth-order valence-electron chi connectivity index (χ4n) is 7.14. The molecular weight excluding hydrogens is 496 g/mol. The Morgan fingerprint density at radius 3 is 2.44 bits per heavy atom. The molecule has 4 fully saturated rings. The summed E-state index contributed by atoms with van der Waals surface area (Å²) in [6, 6.07) is 0. The molecule has 7 heteroatoms. The van der Waals surface area contributed by atoms with E-state index < -0.39 is 0 Å². The molecular formula is C32H48O7. The number of esters is 1. The van der Waals surface area contributed by atoms with E-state index in [1.54, 1.807) is 0 Å². The number of carbonyl (C=O) groups excluding carboxylic acids is 1. The largest absolute Gasteiger partial charge is 0.467 e. The lowest BCUT2D eigenvalue weighted by molar-refractivity contribution is -0.193. The van der Waals surface area contributed by atoms with Crippen LogP contribution in [0, 0.1) is 23.7 Å². The molecule has 2 saturated carbocycles. The van der Waals surface area contributed by atoms with Crippen LogP contribution in [0.4, 0.5) is 0 Å². The third-order valence-corrected chi connectivity index (χ3v) is 9.31. The molecule has 2 unspecified atom stereocenters. The molecule has 5 rings (SSSR count). The summed E-state index contributed by atoms with van der Waals surface area (Å²) < 4.78 is 35.4. The fourth-order valence-corrected chi connectivity index (χ4v) is 7.14. The highest BCUT2D eigenvalue weighted by Crippen LogP contribution is 2.50. The van der Waals surface area contributed by atoms with Crippen molar-refractivity contribution in [1.82, 2.24) is 0 Å². The van der Waals surface area contributed by atoms with Gasteiger partial charge in [0.25, 0.3) is 0 Å². The Hall–Kier alpha value is -1.51. The summed E-state index contributed by atoms with van der Waals surface area (Å²) in [4.78, 5) is 11.4. The van der Waals surface area contributed by atoms with Crippen LogP contribution in [0.15, 0.2) is 36.0 Å². The minimum absolute atomic E-state index is 0.0500. The molecule has 3 aliphatic carbocycles. The van der Waals surface area contributed by atoms with Gasteiger partial charge in [0.1, 0.15) is 6.61 Å². The molecule has 0 N–H and O–H groups in total. The topological polar surface area (TPSA) is 72.5 Å². The molecule has 0 spiro atoms. The highest BCUT2D eigenvalue weighted by Gasteiger charge is 2.46. The minimum Gasteiger partial charge on any atom is -0.467 e. The van der Waals surface area contributed by atoms with Crippen LogP contribution in [-0.4, -0.2) is 64.3 Å². The number of methoxy groups -OCH3 is 1. The molecule has 0 aromatic rings. The van der Waals surface area contributed by atoms with Crippen LogP contribution in [0.1, 0.15) is 77.0 Å². The van der Waals surface area contributed by atoms with E-state index in [1.165, 1.54) is 51.2 Å². The van der Waals surface area contributed by atoms with Crippen LogP contribution in [0.5, 0.6) is 0 Å². The lowest BCUT2D eigenvalue weighted by atomic mass is 9.90. The Morgan fingerprint density at radius 1 is 1.03 bits per heavy atom. The molecule has 0 bridgehead atoms. The zero-order valence-corrected chi connectivity index (χ0v) is 23.7. The van der Waals surface area contributed by atoms with Gasteiger partial charge in [-0.3, -0.25) is 0 Å². The molecule has 2 heterocycles. The average Bonchev–Trinajstić information content (AvgIpc) is 3.70. The van der Waals surface area contributed by atoms with Crippen LogP contribution >= 0.6 is 0 Å². The number of ether oxygens (including phenoxy) is 6. The first-order chi connectivity index (χ1) is 19.1. The summed E-state index contributed by atoms with van der Waals surface area (Å²) >= 11 is 0. The zero-order chi connectivity index (χ0) is 27.0. The summed E-state index contributed by atoms with van der Waals surface area (Å²) in [6.07, 6.45) is 20.8. The van der Waals surface area contributed by atoms with Crippen molar-refractivity contribution in [2.24, 2.45) is 23.7 Å². The maximum Gasteiger partial charge on any atom is 0.331 e. The van der Waals surface area contributed by atoms with Gasteiger partial charge in [0.15, 0.2) is 12.6 Å². The lowest BCUT2D eigenvalue weighted by Gasteiger charge is -2.31. The summed E-state index contributed by atoms with van der Waals surface area (Å²) in [5.41, 5.74) is 2.20. The second kappa shape index (κ2) is 14.4. The maximum atomic E-state index is 11.4. The zero-order valence-electron chi connectivity index (χ0n) is 23.7. The number of fused-ring (bicyclic) bond motifs is 1. The van der Waals surface area contributed by atoms with E-state index >= 15 is 0 Å². The molecule has 0 radical (unpaired) electrons. The first-order valence-corrected chi connectivity index (χ1v) is 15.4. The third-order valence-electron chi connectivity index (χ3n) is 9.31. The van der Waals surface area contributed by atoms with Crippen molar-refractivity contribution in [3.05, 3.63) is 36.0 Å². The Kier molecular flexibility index (Phi) is 10.7. The van der Waals surface area contributed by atoms with E-state index in [1.807, 2.05) is 0 Å². The van der Waals surface area contributed by atoms with Crippen molar-refractivity contribution in [1.29, 1.82) is 0 Å². The number of allylic oxidation sites excluding steroid dienone is 1. The number of hydrogen-bond acceptors (Lipinski definition) is 7. The number of hydrogen-bond donors (Lipinski definition) is 0. The van der Waals surface area contributed by atoms with Crippen LogP contribution in [0.3, 0.4) is 0 Å². The predicted octanol–water partition coefficient (Wildman–Crippen LogP) is 5.88. The van der Waals surface area contributed by atoms with Gasteiger partial charge in [-0.2, -0.15) is 0 Å². The molecule has 2 aliphatic heterocycles. The minimum atomic E-state index is -0.368. The standard InChI is InChI=1S/C32H48O7/c1-22(20-35-21-30(33)34-2)24-17-25-19-29(39-32-12-6-8-16-37-32)26(27(25)18-24)13-14-28(23-9-3-4-10-23)38-31-11-5-7-15-36-31/h13-14,18,23,25-29,31-32H,1,3-12,15-17,19-21H2,2H3/b14-13+/t25-,26+,27-,28+,29+,31?,32?/m0/s1. The van der Waals surface area contributed by atoms with Crippen molar-refractivity contribution in [3.8, 4) is 0 Å². The molecule has 0 aromatic carbocycles. The van der Waals surface area contributed by atoms with Crippen molar-refractivity contribution in [2.45, 2.75) is 102 Å². The van der Waals surface area contributed by atoms with E-state index in [0.717, 1.165) is 57.3 Å². The second-order valence-electron chi connectivity index (χ2n) is 12.0. The van der Waals surface area contributed by atoms with E-state index in [0.29, 0.717) is 24.4 Å². The predicted molar refractivity (Wildman–Crippen MR) is 148 cm³/mol. The summed E-state index contributed by atoms with van der Waals surface area (Å²) in [7, 11) is 1.37. The highest BCUT2D eigenvalue weighted by molar-refractivity contribution is 5.70. The normalized spacial score (nSPS) is 34.2. The SMILES string of the molecule is C=C(COCC(=O)OC)C1=C[C@H]2[C@@H](C1)C[C@@H](OC1CCCCO1)[C@@H]2/C=C/[C@@H](OC1CCCCO1)C1CCCC1. The molecule has 218 valence electrons. The van der Waals surface area contributed by atoms with Gasteiger partial charge in [-0.1, -0.05) is 37.6 Å². The van der Waals surface area contributed by atoms with Crippen molar-refractivity contribution < 1.29 is 33.2 Å². The molecule has 7 atom stereocenters. The molecule has 2 saturated heterocycles. The monoisotopic (exact) mass is 544 g/mol. The Balaban J connectivity index is 1.29. The summed E-state index contributed by atoms with van der Waals surface area (Å²) in [6.45, 7) is 6.15. The summed E-state index contributed by atoms with van der Waals surface area (Å²) in [5, 5.41) is 0. The van der Waals surface area contributed by atoms with Crippen LogP contribution < -0.4 is 0 Å². The van der Waals surface area contributed by atoms with Gasteiger partial charge in [-0.05, 0) is 93.1 Å². The lowest BCUT2D eigenvalue weighted by Crippen LogP contribution is -2.32. The average molecular weight is 545 g/mol. The van der Waals surface area contributed by atoms with Crippen LogP contribution in [0.25, 0.3) is 0 Å². The highest BCUT2D eigenvalue weighted by atomic mass is 16.7. The Labute approximate surface area is 234 Å². The van der Waals surface area contributed by atoms with Gasteiger partial charge in [0.2, 0.25) is 0 Å². The van der Waals surface area contributed by atoms with Gasteiger partial charge < -0.3 is 28.4 Å². The molecule has 5 aliphatic rings. The number of rotatable bonds is 12. The second-order valence-corrected chi connectivity index (χ2v) is 12.0. The Bertz CT molecular complexity index is 864. The van der Waals surface area contributed by atoms with Crippen LogP contribution in [0.2, 0.25) is 0 Å². The van der Waals surface area contributed by atoms with Gasteiger partial charge in [0, 0.05) is 19.1 Å². The van der Waals surface area contributed by atoms with E-state index in [-0.39, 0.29) is 43.3 Å². The van der Waals surface area contributed by atoms with Gasteiger partial charge >= 0.3 is 5.97 Å². The first-order valence-electron chi connectivity index (χ1n) is 15.4. The Morgan fingerprint density at radius 2 is 1.74 bits per heavy atom. The van der Waals surface area contributed by atoms with Crippen molar-refractivity contribution in [3.63, 3.8) is 0 Å². The molecule has 39 heavy (non-hydrogen) atoms. The van der Waals surface area contributed by atoms with Gasteiger partial charge in [0.05, 0.1) is 25.9 Å². The molecule has 7 nitrogen and oxygen atoms in total. The van der Waals surface area contributed by atoms with Gasteiger partial charge in [-0.15, -0.1) is 0 Å². The summed E-state index contributed by atoms with van der Waals surface area (Å²) in [5.74, 6) is 1.35. The fraction of sp³-hybridized carbons (Fsp3) is 0.781. The maximum absolute atomic E-state index is 11.4. The first kappa shape index (κ1) is 29.0. The quantitative estimate of drug-likeness (QED) is 0.224. The smallest absolute Gasteiger partial charge is 0.331 e. The van der Waals surface area contributed by atoms with E-state index in [2.05, 4.69) is 29.5 Å². The van der Waals surface area contributed by atoms with E-state index in [9.17, 15) is 4.79 Å². The molecule has 0 aromatic heterocycles. The van der Waals surface area contributed by atoms with Crippen molar-refractivity contribution in [2.75, 3.05) is 33.5 Å². The number of carbonyl (C=O) groups is 1.